The molecule has 0 atom stereocenters. The predicted molar refractivity (Wildman–Crippen MR) is 91.9 cm³/mol. The lowest BCUT2D eigenvalue weighted by atomic mass is 10.1. The molecule has 1 aromatic heterocycles. The van der Waals surface area contributed by atoms with Crippen molar-refractivity contribution in [1.29, 1.82) is 0 Å². The van der Waals surface area contributed by atoms with Gasteiger partial charge in [-0.15, -0.1) is 0 Å². The predicted octanol–water partition coefficient (Wildman–Crippen LogP) is 3.08. The summed E-state index contributed by atoms with van der Waals surface area (Å²) in [6.45, 7) is 0. The maximum absolute atomic E-state index is 12.2. The average Bonchev–Trinajstić information content (AvgIpc) is 3.06. The number of aromatic nitrogens is 2. The van der Waals surface area contributed by atoms with Crippen molar-refractivity contribution in [3.63, 3.8) is 0 Å². The second-order valence-electron chi connectivity index (χ2n) is 5.07. The molecule has 2 amide bonds. The molecular formula is C17H13ClN4O2. The van der Waals surface area contributed by atoms with Gasteiger partial charge in [0.2, 0.25) is 5.91 Å². The van der Waals surface area contributed by atoms with Gasteiger partial charge in [-0.25, -0.2) is 0 Å². The molecule has 1 heterocycles. The highest BCUT2D eigenvalue weighted by Crippen LogP contribution is 2.20. The molecule has 0 spiro atoms. The molecule has 3 rings (SSSR count). The number of nitrogens with two attached hydrogens (primary N) is 1. The highest BCUT2D eigenvalue weighted by Gasteiger charge is 2.11. The van der Waals surface area contributed by atoms with Crippen molar-refractivity contribution in [2.24, 2.45) is 5.73 Å². The molecule has 7 heteroatoms. The number of benzene rings is 2. The molecule has 2 aromatic carbocycles. The Morgan fingerprint density at radius 1 is 1.04 bits per heavy atom. The van der Waals surface area contributed by atoms with Crippen molar-refractivity contribution >= 4 is 29.1 Å². The molecule has 0 bridgehead atoms. The number of nitrogens with one attached hydrogen (secondary N) is 2. The molecule has 0 radical (unpaired) electrons. The molecule has 6 nitrogen and oxygen atoms in total. The third-order valence-electron chi connectivity index (χ3n) is 3.39. The number of hydrogen-bond donors (Lipinski definition) is 3. The van der Waals surface area contributed by atoms with Crippen LogP contribution in [-0.2, 0) is 0 Å². The van der Waals surface area contributed by atoms with Crippen LogP contribution in [0.1, 0.15) is 20.8 Å². The van der Waals surface area contributed by atoms with Crippen molar-refractivity contribution in [2.75, 3.05) is 5.32 Å². The van der Waals surface area contributed by atoms with E-state index in [2.05, 4.69) is 15.5 Å². The van der Waals surface area contributed by atoms with Crippen molar-refractivity contribution in [3.8, 4) is 11.3 Å². The lowest BCUT2D eigenvalue weighted by molar-refractivity contribution is 0.0998. The van der Waals surface area contributed by atoms with Crippen molar-refractivity contribution < 1.29 is 9.59 Å². The minimum Gasteiger partial charge on any atom is -0.366 e. The molecule has 3 aromatic rings. The molecule has 0 unspecified atom stereocenters. The molecule has 0 saturated carbocycles. The Balaban J connectivity index is 1.73. The van der Waals surface area contributed by atoms with Crippen LogP contribution in [0.4, 0.5) is 5.69 Å². The summed E-state index contributed by atoms with van der Waals surface area (Å²) in [5, 5.41) is 10.2. The van der Waals surface area contributed by atoms with Gasteiger partial charge >= 0.3 is 0 Å². The largest absolute Gasteiger partial charge is 0.366 e. The monoisotopic (exact) mass is 340 g/mol. The first-order chi connectivity index (χ1) is 11.5. The van der Waals surface area contributed by atoms with E-state index in [0.717, 1.165) is 5.56 Å². The van der Waals surface area contributed by atoms with E-state index in [1.165, 1.54) is 0 Å². The standard InChI is InChI=1S/C17H13ClN4O2/c18-12-5-1-10(2-6-12)14-9-15(22-21-14)17(24)20-13-7-3-11(4-8-13)16(19)23/h1-9H,(H2,19,23)(H,20,24)(H,21,22). The van der Waals surface area contributed by atoms with Crippen LogP contribution < -0.4 is 11.1 Å². The van der Waals surface area contributed by atoms with Gasteiger partial charge in [0.25, 0.3) is 5.91 Å². The number of aromatic amines is 1. The third-order valence-corrected chi connectivity index (χ3v) is 3.64. The summed E-state index contributed by atoms with van der Waals surface area (Å²) < 4.78 is 0. The van der Waals surface area contributed by atoms with Gasteiger partial charge in [-0.05, 0) is 42.5 Å². The zero-order chi connectivity index (χ0) is 17.1. The smallest absolute Gasteiger partial charge is 0.273 e. The van der Waals surface area contributed by atoms with Crippen molar-refractivity contribution in [1.82, 2.24) is 10.2 Å². The van der Waals surface area contributed by atoms with Gasteiger partial charge in [-0.3, -0.25) is 14.7 Å². The molecular weight excluding hydrogens is 328 g/mol. The Morgan fingerprint density at radius 2 is 1.71 bits per heavy atom. The third kappa shape index (κ3) is 3.44. The number of halogens is 1. The first-order valence-corrected chi connectivity index (χ1v) is 7.43. The normalized spacial score (nSPS) is 10.4. The van der Waals surface area contributed by atoms with Gasteiger partial charge < -0.3 is 11.1 Å². The lowest BCUT2D eigenvalue weighted by Gasteiger charge is -2.03. The number of carbonyl (C=O) groups excluding carboxylic acids is 2. The molecule has 0 saturated heterocycles. The van der Waals surface area contributed by atoms with E-state index in [0.29, 0.717) is 27.7 Å². The van der Waals surface area contributed by atoms with Crippen LogP contribution in [-0.4, -0.2) is 22.0 Å². The second kappa shape index (κ2) is 6.55. The van der Waals surface area contributed by atoms with Crippen LogP contribution in [0.5, 0.6) is 0 Å². The van der Waals surface area contributed by atoms with E-state index in [1.54, 1.807) is 42.5 Å². The molecule has 120 valence electrons. The van der Waals surface area contributed by atoms with Gasteiger partial charge in [0, 0.05) is 21.8 Å². The fourth-order valence-corrected chi connectivity index (χ4v) is 2.25. The summed E-state index contributed by atoms with van der Waals surface area (Å²) in [6.07, 6.45) is 0. The van der Waals surface area contributed by atoms with Gasteiger partial charge in [0.05, 0.1) is 5.69 Å². The summed E-state index contributed by atoms with van der Waals surface area (Å²) in [5.74, 6) is -0.858. The Morgan fingerprint density at radius 3 is 2.33 bits per heavy atom. The highest BCUT2D eigenvalue weighted by molar-refractivity contribution is 6.30. The van der Waals surface area contributed by atoms with Gasteiger partial charge in [0.15, 0.2) is 0 Å². The molecule has 0 aliphatic carbocycles. The molecule has 24 heavy (non-hydrogen) atoms. The number of hydrogen-bond acceptors (Lipinski definition) is 3. The number of carbonyl (C=O) groups is 2. The Bertz CT molecular complexity index is 886. The molecule has 0 aliphatic rings. The SMILES string of the molecule is NC(=O)c1ccc(NC(=O)c2cc(-c3ccc(Cl)cc3)n[nH]2)cc1. The fourth-order valence-electron chi connectivity index (χ4n) is 2.12. The number of rotatable bonds is 4. The Hall–Kier alpha value is -3.12. The van der Waals surface area contributed by atoms with E-state index in [-0.39, 0.29) is 5.91 Å². The van der Waals surface area contributed by atoms with Crippen LogP contribution in [0, 0.1) is 0 Å². The number of amides is 2. The number of H-pyrrole nitrogens is 1. The topological polar surface area (TPSA) is 101 Å². The average molecular weight is 341 g/mol. The minimum absolute atomic E-state index is 0.318. The van der Waals surface area contributed by atoms with E-state index >= 15 is 0 Å². The number of primary amides is 1. The maximum atomic E-state index is 12.2. The van der Waals surface area contributed by atoms with Crippen LogP contribution in [0.25, 0.3) is 11.3 Å². The van der Waals surface area contributed by atoms with Gasteiger partial charge in [-0.1, -0.05) is 23.7 Å². The summed E-state index contributed by atoms with van der Waals surface area (Å²) in [7, 11) is 0. The van der Waals surface area contributed by atoms with Crippen LogP contribution >= 0.6 is 11.6 Å². The first kappa shape index (κ1) is 15.8. The van der Waals surface area contributed by atoms with Crippen LogP contribution in [0.15, 0.2) is 54.6 Å². The zero-order valence-electron chi connectivity index (χ0n) is 12.4. The first-order valence-electron chi connectivity index (χ1n) is 7.05. The lowest BCUT2D eigenvalue weighted by Crippen LogP contribution is -2.13. The molecule has 0 aliphatic heterocycles. The fraction of sp³-hybridized carbons (Fsp3) is 0. The van der Waals surface area contributed by atoms with Gasteiger partial charge in [-0.2, -0.15) is 5.10 Å². The summed E-state index contributed by atoms with van der Waals surface area (Å²) in [6, 6.07) is 15.1. The summed E-state index contributed by atoms with van der Waals surface area (Å²) in [4.78, 5) is 23.3. The summed E-state index contributed by atoms with van der Waals surface area (Å²) in [5.41, 5.74) is 7.90. The van der Waals surface area contributed by atoms with Gasteiger partial charge in [0.1, 0.15) is 5.69 Å². The second-order valence-corrected chi connectivity index (χ2v) is 5.51. The quantitative estimate of drug-likeness (QED) is 0.680. The van der Waals surface area contributed by atoms with Crippen LogP contribution in [0.3, 0.4) is 0 Å². The zero-order valence-corrected chi connectivity index (χ0v) is 13.2. The highest BCUT2D eigenvalue weighted by atomic mass is 35.5. The molecule has 0 fully saturated rings. The van der Waals surface area contributed by atoms with E-state index in [9.17, 15) is 9.59 Å². The maximum Gasteiger partial charge on any atom is 0.273 e. The van der Waals surface area contributed by atoms with E-state index < -0.39 is 5.91 Å². The number of nitrogens with zero attached hydrogens (tertiary/aromatic N) is 1. The number of anilines is 1. The van der Waals surface area contributed by atoms with Crippen molar-refractivity contribution in [3.05, 3.63) is 70.9 Å². The summed E-state index contributed by atoms with van der Waals surface area (Å²) >= 11 is 5.85. The Kier molecular flexibility index (Phi) is 4.31. The molecule has 4 N–H and O–H groups in total. The Labute approximate surface area is 142 Å². The minimum atomic E-state index is -0.519. The van der Waals surface area contributed by atoms with E-state index in [4.69, 9.17) is 17.3 Å². The van der Waals surface area contributed by atoms with Crippen molar-refractivity contribution in [2.45, 2.75) is 0 Å². The van der Waals surface area contributed by atoms with Crippen LogP contribution in [0.2, 0.25) is 5.02 Å². The van der Waals surface area contributed by atoms with E-state index in [1.807, 2.05) is 12.1 Å².